The number of Topliss-reactive ketones (excluding diaryl/α,β-unsaturated/α-hetero) is 1. The van der Waals surface area contributed by atoms with Gasteiger partial charge in [-0.3, -0.25) is 9.59 Å². The van der Waals surface area contributed by atoms with Crippen LogP contribution >= 0.6 is 0 Å². The number of amides is 1. The van der Waals surface area contributed by atoms with Gasteiger partial charge in [0.05, 0.1) is 5.92 Å². The Labute approximate surface area is 214 Å². The highest BCUT2D eigenvalue weighted by Gasteiger charge is 2.44. The number of ketones is 1. The van der Waals surface area contributed by atoms with Crippen molar-refractivity contribution in [1.82, 2.24) is 5.32 Å². The van der Waals surface area contributed by atoms with Crippen molar-refractivity contribution in [3.05, 3.63) is 48.0 Å². The van der Waals surface area contributed by atoms with E-state index in [1.54, 1.807) is 0 Å². The van der Waals surface area contributed by atoms with Crippen LogP contribution in [0.15, 0.2) is 42.5 Å². The van der Waals surface area contributed by atoms with Gasteiger partial charge in [0.15, 0.2) is 0 Å². The number of carbonyl (C=O) groups excluding carboxylic acids is 2. The summed E-state index contributed by atoms with van der Waals surface area (Å²) in [4.78, 5) is 27.3. The number of benzene rings is 1. The molecule has 0 saturated heterocycles. The molecule has 0 spiro atoms. The highest BCUT2D eigenvalue weighted by atomic mass is 16.2. The third-order valence-corrected chi connectivity index (χ3v) is 9.30. The predicted molar refractivity (Wildman–Crippen MR) is 146 cm³/mol. The van der Waals surface area contributed by atoms with E-state index in [-0.39, 0.29) is 35.6 Å². The third-order valence-electron chi connectivity index (χ3n) is 9.30. The van der Waals surface area contributed by atoms with Crippen LogP contribution in [0.5, 0.6) is 0 Å². The van der Waals surface area contributed by atoms with Crippen LogP contribution in [-0.4, -0.2) is 17.7 Å². The molecule has 2 aliphatic rings. The van der Waals surface area contributed by atoms with Gasteiger partial charge >= 0.3 is 0 Å². The Balaban J connectivity index is 1.76. The number of hydrogen-bond donors (Lipinski definition) is 1. The topological polar surface area (TPSA) is 46.2 Å². The second kappa shape index (κ2) is 12.9. The molecular formula is C32H49NO2. The van der Waals surface area contributed by atoms with Gasteiger partial charge in [-0.15, -0.1) is 0 Å². The lowest BCUT2D eigenvalue weighted by Gasteiger charge is -2.36. The van der Waals surface area contributed by atoms with Crippen LogP contribution in [0.4, 0.5) is 0 Å². The zero-order chi connectivity index (χ0) is 25.5. The van der Waals surface area contributed by atoms with Gasteiger partial charge in [0.1, 0.15) is 5.78 Å². The minimum Gasteiger partial charge on any atom is -0.353 e. The van der Waals surface area contributed by atoms with E-state index >= 15 is 0 Å². The molecule has 2 saturated carbocycles. The normalized spacial score (nSPS) is 29.2. The highest BCUT2D eigenvalue weighted by Crippen LogP contribution is 2.45. The second-order valence-electron chi connectivity index (χ2n) is 11.7. The Morgan fingerprint density at radius 2 is 1.66 bits per heavy atom. The summed E-state index contributed by atoms with van der Waals surface area (Å²) < 4.78 is 0. The van der Waals surface area contributed by atoms with Crippen molar-refractivity contribution in [2.75, 3.05) is 0 Å². The molecule has 0 aromatic heterocycles. The monoisotopic (exact) mass is 479 g/mol. The molecule has 0 bridgehead atoms. The summed E-state index contributed by atoms with van der Waals surface area (Å²) in [5.41, 5.74) is 2.25. The first-order valence-electron chi connectivity index (χ1n) is 14.3. The van der Waals surface area contributed by atoms with Gasteiger partial charge in [-0.1, -0.05) is 95.9 Å². The van der Waals surface area contributed by atoms with E-state index in [4.69, 9.17) is 0 Å². The molecule has 35 heavy (non-hydrogen) atoms. The van der Waals surface area contributed by atoms with Crippen molar-refractivity contribution in [2.45, 2.75) is 104 Å². The molecule has 3 heteroatoms. The van der Waals surface area contributed by atoms with Crippen molar-refractivity contribution in [1.29, 1.82) is 0 Å². The average molecular weight is 480 g/mol. The van der Waals surface area contributed by atoms with E-state index in [1.165, 1.54) is 31.3 Å². The van der Waals surface area contributed by atoms with E-state index in [1.807, 2.05) is 37.3 Å². The molecule has 2 fully saturated rings. The standard InChI is InChI=1S/C32H49NO2/c1-7-21(3)18-23(5)29-19-26(33-32(35)24(6)25-15-10-9-11-16-25)20-30(29)31(34)27(8-2)28-17-13-12-14-22(28)4/h9-11,15-16,21-22,24,26-30H,5,7-8,12-14,17-20H2,1-4,6H3,(H,33,35)/t21?,22?,24?,26-,27+,28?,29+,30?/m1/s1. The van der Waals surface area contributed by atoms with Crippen molar-refractivity contribution < 1.29 is 9.59 Å². The maximum atomic E-state index is 14.1. The smallest absolute Gasteiger partial charge is 0.227 e. The van der Waals surface area contributed by atoms with E-state index < -0.39 is 0 Å². The van der Waals surface area contributed by atoms with Crippen LogP contribution in [-0.2, 0) is 9.59 Å². The van der Waals surface area contributed by atoms with Crippen molar-refractivity contribution >= 4 is 11.7 Å². The van der Waals surface area contributed by atoms with Gasteiger partial charge in [-0.25, -0.2) is 0 Å². The maximum Gasteiger partial charge on any atom is 0.227 e. The zero-order valence-electron chi connectivity index (χ0n) is 22.9. The van der Waals surface area contributed by atoms with Crippen LogP contribution in [0, 0.1) is 35.5 Å². The Kier molecular flexibility index (Phi) is 10.2. The Hall–Kier alpha value is -1.90. The average Bonchev–Trinajstić information content (AvgIpc) is 3.29. The van der Waals surface area contributed by atoms with Crippen LogP contribution in [0.3, 0.4) is 0 Å². The van der Waals surface area contributed by atoms with Crippen molar-refractivity contribution in [3.63, 3.8) is 0 Å². The third kappa shape index (κ3) is 6.86. The lowest BCUT2D eigenvalue weighted by Crippen LogP contribution is -2.37. The number of nitrogens with one attached hydrogen (secondary N) is 1. The van der Waals surface area contributed by atoms with Crippen LogP contribution in [0.2, 0.25) is 0 Å². The van der Waals surface area contributed by atoms with Crippen LogP contribution < -0.4 is 5.32 Å². The van der Waals surface area contributed by atoms with Gasteiger partial charge < -0.3 is 5.32 Å². The number of rotatable bonds is 11. The molecule has 0 heterocycles. The predicted octanol–water partition coefficient (Wildman–Crippen LogP) is 7.72. The van der Waals surface area contributed by atoms with E-state index in [2.05, 4.69) is 39.6 Å². The first-order chi connectivity index (χ1) is 16.8. The first kappa shape index (κ1) is 27.7. The fourth-order valence-electron chi connectivity index (χ4n) is 6.82. The van der Waals surface area contributed by atoms with Crippen molar-refractivity contribution in [3.8, 4) is 0 Å². The van der Waals surface area contributed by atoms with E-state index in [0.29, 0.717) is 23.5 Å². The largest absolute Gasteiger partial charge is 0.353 e. The summed E-state index contributed by atoms with van der Waals surface area (Å²) >= 11 is 0. The van der Waals surface area contributed by atoms with Gasteiger partial charge in [0, 0.05) is 17.9 Å². The summed E-state index contributed by atoms with van der Waals surface area (Å²) in [6.07, 6.45) is 9.61. The molecule has 5 unspecified atom stereocenters. The molecule has 194 valence electrons. The highest BCUT2D eigenvalue weighted by molar-refractivity contribution is 5.86. The summed E-state index contributed by atoms with van der Waals surface area (Å²) in [5, 5.41) is 3.33. The van der Waals surface area contributed by atoms with E-state index in [9.17, 15) is 9.59 Å². The van der Waals surface area contributed by atoms with Crippen LogP contribution in [0.25, 0.3) is 0 Å². The van der Waals surface area contributed by atoms with Gasteiger partial charge in [0.25, 0.3) is 0 Å². The molecule has 1 N–H and O–H groups in total. The molecule has 1 aromatic carbocycles. The summed E-state index contributed by atoms with van der Waals surface area (Å²) in [6, 6.07) is 10.0. The molecule has 0 radical (unpaired) electrons. The van der Waals surface area contributed by atoms with Gasteiger partial charge in [-0.05, 0) is 68.3 Å². The van der Waals surface area contributed by atoms with Crippen molar-refractivity contribution in [2.24, 2.45) is 35.5 Å². The Bertz CT molecular complexity index is 846. The molecule has 8 atom stereocenters. The lowest BCUT2D eigenvalue weighted by molar-refractivity contribution is -0.131. The molecule has 3 nitrogen and oxygen atoms in total. The second-order valence-corrected chi connectivity index (χ2v) is 11.7. The maximum absolute atomic E-state index is 14.1. The minimum atomic E-state index is -0.195. The van der Waals surface area contributed by atoms with Gasteiger partial charge in [-0.2, -0.15) is 0 Å². The molecule has 1 amide bonds. The van der Waals surface area contributed by atoms with E-state index in [0.717, 1.165) is 37.7 Å². The molecule has 0 aliphatic heterocycles. The zero-order valence-corrected chi connectivity index (χ0v) is 22.9. The molecule has 2 aliphatic carbocycles. The number of hydrogen-bond acceptors (Lipinski definition) is 2. The van der Waals surface area contributed by atoms with Crippen LogP contribution in [0.1, 0.15) is 104 Å². The summed E-state index contributed by atoms with van der Waals surface area (Å²) in [7, 11) is 0. The summed E-state index contributed by atoms with van der Waals surface area (Å²) in [6.45, 7) is 15.5. The number of allylic oxidation sites excluding steroid dienone is 1. The molecule has 3 rings (SSSR count). The Morgan fingerprint density at radius 1 is 1.00 bits per heavy atom. The quantitative estimate of drug-likeness (QED) is 0.330. The number of carbonyl (C=O) groups is 2. The Morgan fingerprint density at radius 3 is 2.29 bits per heavy atom. The fraction of sp³-hybridized carbons (Fsp3) is 0.688. The summed E-state index contributed by atoms with van der Waals surface area (Å²) in [5.74, 6) is 2.35. The fourth-order valence-corrected chi connectivity index (χ4v) is 6.82. The molecule has 1 aromatic rings. The van der Waals surface area contributed by atoms with Gasteiger partial charge in [0.2, 0.25) is 5.91 Å². The first-order valence-corrected chi connectivity index (χ1v) is 14.3. The molecular weight excluding hydrogens is 430 g/mol. The SMILES string of the molecule is C=C(CC(C)CC)[C@@H]1C[C@@H](NC(=O)C(C)c2ccccc2)CC1C(=O)[C@@H](CC)C1CCCCC1C. The lowest BCUT2D eigenvalue weighted by atomic mass is 9.67. The minimum absolute atomic E-state index is 0.0111.